The van der Waals surface area contributed by atoms with Gasteiger partial charge >= 0.3 is 0 Å². The number of aromatic hydroxyl groups is 1. The lowest BCUT2D eigenvalue weighted by Gasteiger charge is -2.37. The molecule has 0 radical (unpaired) electrons. The van der Waals surface area contributed by atoms with E-state index in [4.69, 9.17) is 17.0 Å². The van der Waals surface area contributed by atoms with E-state index in [1.807, 2.05) is 23.4 Å². The summed E-state index contributed by atoms with van der Waals surface area (Å²) < 4.78 is 25.2. The van der Waals surface area contributed by atoms with Crippen molar-refractivity contribution in [3.63, 3.8) is 0 Å². The molecule has 4 aromatic rings. The molecule has 2 aromatic heterocycles. The molecular formula is C26H26FN7O3S. The van der Waals surface area contributed by atoms with E-state index in [2.05, 4.69) is 20.2 Å². The van der Waals surface area contributed by atoms with Crippen LogP contribution in [0.3, 0.4) is 0 Å². The SMILES string of the molecule is CC1COc2c(N3CCN(C)CC3)c(F)cc3c(=O)c(-c4n[nH]c(=S)n4/N=C/c4ccccc4O)cn1c23. The van der Waals surface area contributed by atoms with Crippen LogP contribution in [0.15, 0.2) is 46.4 Å². The molecule has 10 nitrogen and oxygen atoms in total. The molecule has 0 saturated carbocycles. The molecule has 2 N–H and O–H groups in total. The second-order valence-corrected chi connectivity index (χ2v) is 10.0. The van der Waals surface area contributed by atoms with Crippen molar-refractivity contribution >= 4 is 35.0 Å². The molecule has 1 saturated heterocycles. The number of nitrogens with zero attached hydrogens (tertiary/aromatic N) is 6. The van der Waals surface area contributed by atoms with Crippen molar-refractivity contribution in [2.75, 3.05) is 44.7 Å². The van der Waals surface area contributed by atoms with Gasteiger partial charge in [-0.1, -0.05) is 12.1 Å². The van der Waals surface area contributed by atoms with E-state index in [-0.39, 0.29) is 33.3 Å². The fourth-order valence-corrected chi connectivity index (χ4v) is 5.16. The van der Waals surface area contributed by atoms with Gasteiger partial charge in [-0.05, 0) is 44.4 Å². The molecule has 0 aliphatic carbocycles. The number of likely N-dealkylation sites (N-methyl/N-ethyl adjacent to an activating group) is 1. The summed E-state index contributed by atoms with van der Waals surface area (Å²) in [6.07, 6.45) is 3.15. The van der Waals surface area contributed by atoms with Crippen LogP contribution in [0.4, 0.5) is 10.1 Å². The molecule has 1 fully saturated rings. The first-order valence-corrected chi connectivity index (χ1v) is 12.7. The van der Waals surface area contributed by atoms with Crippen LogP contribution in [0.1, 0.15) is 18.5 Å². The topological polar surface area (TPSA) is 104 Å². The number of halogens is 1. The number of nitrogens with one attached hydrogen (secondary N) is 1. The van der Waals surface area contributed by atoms with Crippen LogP contribution in [0.5, 0.6) is 11.5 Å². The monoisotopic (exact) mass is 535 g/mol. The van der Waals surface area contributed by atoms with Crippen LogP contribution in [0, 0.1) is 10.6 Å². The minimum Gasteiger partial charge on any atom is -0.507 e. The fourth-order valence-electron chi connectivity index (χ4n) is 4.99. The number of aromatic nitrogens is 4. The minimum absolute atomic E-state index is 0.0519. The molecule has 0 amide bonds. The number of hydrogen-bond acceptors (Lipinski definition) is 8. The van der Waals surface area contributed by atoms with Crippen LogP contribution in [-0.4, -0.2) is 75.5 Å². The van der Waals surface area contributed by atoms with Gasteiger partial charge in [-0.15, -0.1) is 0 Å². The Balaban J connectivity index is 1.53. The number of piperazine rings is 1. The third kappa shape index (κ3) is 3.96. The summed E-state index contributed by atoms with van der Waals surface area (Å²) in [7, 11) is 2.04. The van der Waals surface area contributed by atoms with Crippen molar-refractivity contribution in [1.82, 2.24) is 24.3 Å². The number of rotatable bonds is 4. The zero-order valence-electron chi connectivity index (χ0n) is 20.9. The smallest absolute Gasteiger partial charge is 0.216 e. The number of ether oxygens (including phenoxy) is 1. The van der Waals surface area contributed by atoms with Gasteiger partial charge in [0.25, 0.3) is 0 Å². The Labute approximate surface area is 222 Å². The van der Waals surface area contributed by atoms with Crippen molar-refractivity contribution in [2.45, 2.75) is 13.0 Å². The highest BCUT2D eigenvalue weighted by Crippen LogP contribution is 2.42. The molecule has 0 spiro atoms. The first-order chi connectivity index (χ1) is 18.3. The Morgan fingerprint density at radius 3 is 2.79 bits per heavy atom. The number of aromatic amines is 1. The second kappa shape index (κ2) is 9.37. The molecule has 4 heterocycles. The van der Waals surface area contributed by atoms with Crippen LogP contribution >= 0.6 is 12.2 Å². The van der Waals surface area contributed by atoms with Gasteiger partial charge in [0.15, 0.2) is 17.4 Å². The van der Waals surface area contributed by atoms with Crippen LogP contribution in [0.2, 0.25) is 0 Å². The summed E-state index contributed by atoms with van der Waals surface area (Å²) in [5, 5.41) is 21.6. The normalized spacial score (nSPS) is 17.9. The third-order valence-electron chi connectivity index (χ3n) is 7.10. The van der Waals surface area contributed by atoms with E-state index in [0.29, 0.717) is 42.2 Å². The Morgan fingerprint density at radius 2 is 2.03 bits per heavy atom. The van der Waals surface area contributed by atoms with Gasteiger partial charge in [0.2, 0.25) is 10.2 Å². The Morgan fingerprint density at radius 1 is 1.26 bits per heavy atom. The summed E-state index contributed by atoms with van der Waals surface area (Å²) in [5.41, 5.74) is 1.23. The number of hydrogen-bond donors (Lipinski definition) is 2. The van der Waals surface area contributed by atoms with Crippen molar-refractivity contribution in [3.8, 4) is 22.9 Å². The molecular weight excluding hydrogens is 509 g/mol. The lowest BCUT2D eigenvalue weighted by Crippen LogP contribution is -2.45. The molecule has 38 heavy (non-hydrogen) atoms. The van der Waals surface area contributed by atoms with E-state index >= 15 is 4.39 Å². The molecule has 6 rings (SSSR count). The standard InChI is InChI=1S/C26H26FN7O3S/c1-15-14-37-24-21-17(11-19(27)22(24)32-9-7-31(2)8-10-32)23(36)18(13-33(15)21)25-29-30-26(38)34(25)28-12-16-5-3-4-6-20(16)35/h3-6,11-13,15,35H,7-10,14H2,1-2H3,(H,30,38)/b28-12+. The van der Waals surface area contributed by atoms with Crippen molar-refractivity contribution in [3.05, 3.63) is 62.9 Å². The average Bonchev–Trinajstić information content (AvgIpc) is 3.27. The molecule has 2 aliphatic rings. The molecule has 196 valence electrons. The predicted molar refractivity (Wildman–Crippen MR) is 146 cm³/mol. The first-order valence-electron chi connectivity index (χ1n) is 12.3. The van der Waals surface area contributed by atoms with E-state index in [0.717, 1.165) is 13.1 Å². The van der Waals surface area contributed by atoms with Crippen LogP contribution in [-0.2, 0) is 0 Å². The number of phenolic OH excluding ortho intramolecular Hbond substituents is 1. The Hall–Kier alpha value is -4.03. The highest BCUT2D eigenvalue weighted by molar-refractivity contribution is 7.71. The van der Waals surface area contributed by atoms with E-state index in [1.54, 1.807) is 30.5 Å². The van der Waals surface area contributed by atoms with E-state index in [1.165, 1.54) is 17.0 Å². The number of pyridine rings is 1. The summed E-state index contributed by atoms with van der Waals surface area (Å²) in [6.45, 7) is 5.25. The number of para-hydroxylation sites is 1. The lowest BCUT2D eigenvalue weighted by atomic mass is 10.0. The van der Waals surface area contributed by atoms with Crippen LogP contribution in [0.25, 0.3) is 22.3 Å². The molecule has 12 heteroatoms. The zero-order chi connectivity index (χ0) is 26.6. The van der Waals surface area contributed by atoms with E-state index in [9.17, 15) is 9.90 Å². The minimum atomic E-state index is -0.496. The number of H-pyrrole nitrogens is 1. The molecule has 2 aromatic carbocycles. The number of phenols is 1. The maximum atomic E-state index is 15.7. The maximum absolute atomic E-state index is 15.7. The molecule has 1 unspecified atom stereocenters. The van der Waals surface area contributed by atoms with Gasteiger partial charge in [0, 0.05) is 37.9 Å². The van der Waals surface area contributed by atoms with Gasteiger partial charge < -0.3 is 24.2 Å². The molecule has 1 atom stereocenters. The number of benzene rings is 2. The van der Waals surface area contributed by atoms with E-state index < -0.39 is 11.2 Å². The average molecular weight is 536 g/mol. The van der Waals surface area contributed by atoms with Gasteiger partial charge in [0.05, 0.1) is 28.7 Å². The summed E-state index contributed by atoms with van der Waals surface area (Å²) >= 11 is 5.37. The largest absolute Gasteiger partial charge is 0.507 e. The highest BCUT2D eigenvalue weighted by atomic mass is 32.1. The van der Waals surface area contributed by atoms with Crippen molar-refractivity contribution < 1.29 is 14.2 Å². The highest BCUT2D eigenvalue weighted by Gasteiger charge is 2.31. The van der Waals surface area contributed by atoms with Gasteiger partial charge in [0.1, 0.15) is 18.0 Å². The second-order valence-electron chi connectivity index (χ2n) is 9.63. The Kier molecular flexibility index (Phi) is 6.00. The van der Waals surface area contributed by atoms with Gasteiger partial charge in [-0.2, -0.15) is 14.9 Å². The van der Waals surface area contributed by atoms with Gasteiger partial charge in [-0.25, -0.2) is 9.49 Å². The van der Waals surface area contributed by atoms with Crippen LogP contribution < -0.4 is 15.1 Å². The van der Waals surface area contributed by atoms with Crippen molar-refractivity contribution in [1.29, 1.82) is 0 Å². The third-order valence-corrected chi connectivity index (χ3v) is 7.37. The Bertz CT molecular complexity index is 1700. The number of anilines is 1. The van der Waals surface area contributed by atoms with Gasteiger partial charge in [-0.3, -0.25) is 4.79 Å². The fraction of sp³-hybridized carbons (Fsp3) is 0.308. The first kappa shape index (κ1) is 24.3. The summed E-state index contributed by atoms with van der Waals surface area (Å²) in [5.74, 6) is 0.128. The van der Waals surface area contributed by atoms with Crippen molar-refractivity contribution in [2.24, 2.45) is 5.10 Å². The quantitative estimate of drug-likeness (QED) is 0.305. The zero-order valence-corrected chi connectivity index (χ0v) is 21.7. The molecule has 2 aliphatic heterocycles. The maximum Gasteiger partial charge on any atom is 0.216 e. The summed E-state index contributed by atoms with van der Waals surface area (Å²) in [4.78, 5) is 18.0. The lowest BCUT2D eigenvalue weighted by molar-refractivity contribution is 0.245. The predicted octanol–water partition coefficient (Wildman–Crippen LogP) is 3.35. The molecule has 0 bridgehead atoms. The summed E-state index contributed by atoms with van der Waals surface area (Å²) in [6, 6.07) is 7.90.